The number of rotatable bonds is 1. The van der Waals surface area contributed by atoms with Crippen molar-refractivity contribution in [1.82, 2.24) is 4.90 Å². The summed E-state index contributed by atoms with van der Waals surface area (Å²) in [5.41, 5.74) is 1.12. The molecule has 0 aromatic rings. The second-order valence-electron chi connectivity index (χ2n) is 3.89. The lowest BCUT2D eigenvalue weighted by atomic mass is 9.81. The SMILES string of the molecule is [CH2]C(=C)C1CC2CCN1CC2. The van der Waals surface area contributed by atoms with Crippen molar-refractivity contribution in [1.29, 1.82) is 0 Å². The van der Waals surface area contributed by atoms with Gasteiger partial charge in [-0.2, -0.15) is 0 Å². The highest BCUT2D eigenvalue weighted by Crippen LogP contribution is 2.33. The fourth-order valence-electron chi connectivity index (χ4n) is 2.39. The van der Waals surface area contributed by atoms with Gasteiger partial charge in [-0.15, -0.1) is 0 Å². The molecule has 3 rings (SSSR count). The van der Waals surface area contributed by atoms with Crippen LogP contribution in [0.1, 0.15) is 19.3 Å². The van der Waals surface area contributed by atoms with Crippen LogP contribution >= 0.6 is 0 Å². The normalized spacial score (nSPS) is 42.5. The first kappa shape index (κ1) is 7.35. The number of hydrogen-bond donors (Lipinski definition) is 0. The Bertz CT molecular complexity index is 166. The molecule has 0 spiro atoms. The second kappa shape index (κ2) is 2.63. The van der Waals surface area contributed by atoms with Crippen molar-refractivity contribution in [2.45, 2.75) is 25.3 Å². The lowest BCUT2D eigenvalue weighted by Crippen LogP contribution is -2.48. The first-order chi connectivity index (χ1) is 5.27. The molecule has 0 amide bonds. The van der Waals surface area contributed by atoms with Crippen LogP contribution in [0, 0.1) is 12.8 Å². The maximum absolute atomic E-state index is 3.94. The van der Waals surface area contributed by atoms with Crippen molar-refractivity contribution < 1.29 is 0 Å². The maximum atomic E-state index is 3.94. The molecule has 0 aromatic carbocycles. The van der Waals surface area contributed by atoms with Gasteiger partial charge in [0, 0.05) is 6.04 Å². The van der Waals surface area contributed by atoms with Gasteiger partial charge in [0.2, 0.25) is 0 Å². The number of piperidine rings is 3. The summed E-state index contributed by atoms with van der Waals surface area (Å²) in [6, 6.07) is 0.613. The van der Waals surface area contributed by atoms with Gasteiger partial charge in [-0.1, -0.05) is 12.2 Å². The minimum atomic E-state index is 0.613. The summed E-state index contributed by atoms with van der Waals surface area (Å²) in [7, 11) is 0. The smallest absolute Gasteiger partial charge is 0.0307 e. The van der Waals surface area contributed by atoms with E-state index in [1.165, 1.54) is 32.4 Å². The van der Waals surface area contributed by atoms with Crippen molar-refractivity contribution in [2.24, 2.45) is 5.92 Å². The number of fused-ring (bicyclic) bond motifs is 3. The largest absolute Gasteiger partial charge is 0.297 e. The maximum Gasteiger partial charge on any atom is 0.0307 e. The van der Waals surface area contributed by atoms with Crippen LogP contribution in [-0.2, 0) is 0 Å². The predicted octanol–water partition coefficient (Wildman–Crippen LogP) is 1.86. The van der Waals surface area contributed by atoms with Crippen molar-refractivity contribution >= 4 is 0 Å². The van der Waals surface area contributed by atoms with E-state index < -0.39 is 0 Å². The van der Waals surface area contributed by atoms with E-state index in [0.717, 1.165) is 11.5 Å². The van der Waals surface area contributed by atoms with E-state index in [4.69, 9.17) is 0 Å². The third-order valence-electron chi connectivity index (χ3n) is 3.12. The standard InChI is InChI=1S/C10H16N/c1-8(2)10-7-9-3-5-11(10)6-4-9/h9-10H,1-7H2. The van der Waals surface area contributed by atoms with Crippen LogP contribution in [0.15, 0.2) is 12.2 Å². The van der Waals surface area contributed by atoms with Crippen LogP contribution in [0.3, 0.4) is 0 Å². The third-order valence-corrected chi connectivity index (χ3v) is 3.12. The fourth-order valence-corrected chi connectivity index (χ4v) is 2.39. The zero-order valence-corrected chi connectivity index (χ0v) is 7.05. The van der Waals surface area contributed by atoms with Gasteiger partial charge in [-0.05, 0) is 45.2 Å². The molecular weight excluding hydrogens is 134 g/mol. The Morgan fingerprint density at radius 2 is 1.91 bits per heavy atom. The topological polar surface area (TPSA) is 3.24 Å². The van der Waals surface area contributed by atoms with Crippen LogP contribution in [0.4, 0.5) is 0 Å². The molecule has 0 saturated carbocycles. The Morgan fingerprint density at radius 1 is 1.27 bits per heavy atom. The zero-order chi connectivity index (χ0) is 7.84. The molecule has 0 aromatic heterocycles. The monoisotopic (exact) mass is 150 g/mol. The van der Waals surface area contributed by atoms with E-state index in [1.54, 1.807) is 0 Å². The third kappa shape index (κ3) is 1.22. The van der Waals surface area contributed by atoms with Crippen LogP contribution in [-0.4, -0.2) is 24.0 Å². The lowest BCUT2D eigenvalue weighted by molar-refractivity contribution is 0.0696. The zero-order valence-electron chi connectivity index (χ0n) is 7.05. The molecule has 3 heterocycles. The average Bonchev–Trinajstić information content (AvgIpc) is 2.06. The molecule has 3 saturated heterocycles. The highest BCUT2D eigenvalue weighted by molar-refractivity contribution is 5.12. The molecule has 1 heteroatoms. The molecule has 1 atom stereocenters. The van der Waals surface area contributed by atoms with Crippen LogP contribution in [0.5, 0.6) is 0 Å². The quantitative estimate of drug-likeness (QED) is 0.551. The summed E-state index contributed by atoms with van der Waals surface area (Å²) in [4.78, 5) is 2.54. The highest BCUT2D eigenvalue weighted by Gasteiger charge is 2.33. The molecule has 1 nitrogen and oxygen atoms in total. The molecule has 3 aliphatic rings. The molecule has 1 unspecified atom stereocenters. The Kier molecular flexibility index (Phi) is 1.76. The van der Waals surface area contributed by atoms with Gasteiger partial charge in [0.25, 0.3) is 0 Å². The molecular formula is C10H16N. The Morgan fingerprint density at radius 3 is 2.18 bits per heavy atom. The number of hydrogen-bond acceptors (Lipinski definition) is 1. The molecule has 3 fully saturated rings. The molecule has 1 radical (unpaired) electrons. The Balaban J connectivity index is 2.08. The van der Waals surface area contributed by atoms with Crippen LogP contribution in [0.25, 0.3) is 0 Å². The average molecular weight is 150 g/mol. The van der Waals surface area contributed by atoms with Gasteiger partial charge in [0.15, 0.2) is 0 Å². The first-order valence-electron chi connectivity index (χ1n) is 4.52. The van der Waals surface area contributed by atoms with E-state index in [-0.39, 0.29) is 0 Å². The fraction of sp³-hybridized carbons (Fsp3) is 0.700. The van der Waals surface area contributed by atoms with Crippen molar-refractivity contribution in [3.8, 4) is 0 Å². The summed E-state index contributed by atoms with van der Waals surface area (Å²) >= 11 is 0. The Labute approximate surface area is 69.1 Å². The summed E-state index contributed by atoms with van der Waals surface area (Å²) < 4.78 is 0. The molecule has 3 aliphatic heterocycles. The minimum absolute atomic E-state index is 0.613. The van der Waals surface area contributed by atoms with Gasteiger partial charge in [0.1, 0.15) is 0 Å². The number of nitrogens with zero attached hydrogens (tertiary/aromatic N) is 1. The molecule has 0 N–H and O–H groups in total. The second-order valence-corrected chi connectivity index (χ2v) is 3.89. The summed E-state index contributed by atoms with van der Waals surface area (Å²) in [5, 5.41) is 0. The van der Waals surface area contributed by atoms with Gasteiger partial charge < -0.3 is 0 Å². The van der Waals surface area contributed by atoms with Gasteiger partial charge in [-0.25, -0.2) is 0 Å². The summed E-state index contributed by atoms with van der Waals surface area (Å²) in [6.45, 7) is 10.5. The molecule has 61 valence electrons. The lowest BCUT2D eigenvalue weighted by Gasteiger charge is -2.45. The van der Waals surface area contributed by atoms with E-state index >= 15 is 0 Å². The predicted molar refractivity (Wildman–Crippen MR) is 47.2 cm³/mol. The van der Waals surface area contributed by atoms with Crippen molar-refractivity contribution in [3.05, 3.63) is 19.1 Å². The summed E-state index contributed by atoms with van der Waals surface area (Å²) in [5.74, 6) is 0.975. The van der Waals surface area contributed by atoms with Crippen molar-refractivity contribution in [3.63, 3.8) is 0 Å². The molecule has 11 heavy (non-hydrogen) atoms. The highest BCUT2D eigenvalue weighted by atomic mass is 15.2. The van der Waals surface area contributed by atoms with Gasteiger partial charge in [0.05, 0.1) is 0 Å². The van der Waals surface area contributed by atoms with Gasteiger partial charge in [-0.3, -0.25) is 4.90 Å². The van der Waals surface area contributed by atoms with Crippen molar-refractivity contribution in [2.75, 3.05) is 13.1 Å². The van der Waals surface area contributed by atoms with E-state index in [1.807, 2.05) is 0 Å². The van der Waals surface area contributed by atoms with Crippen LogP contribution < -0.4 is 0 Å². The van der Waals surface area contributed by atoms with E-state index in [2.05, 4.69) is 18.4 Å². The van der Waals surface area contributed by atoms with E-state index in [9.17, 15) is 0 Å². The molecule has 2 bridgehead atoms. The van der Waals surface area contributed by atoms with Gasteiger partial charge >= 0.3 is 0 Å². The molecule has 0 aliphatic carbocycles. The minimum Gasteiger partial charge on any atom is -0.297 e. The first-order valence-corrected chi connectivity index (χ1v) is 4.52. The van der Waals surface area contributed by atoms with Crippen LogP contribution in [0.2, 0.25) is 0 Å². The summed E-state index contributed by atoms with van der Waals surface area (Å²) in [6.07, 6.45) is 4.13. The van der Waals surface area contributed by atoms with E-state index in [0.29, 0.717) is 6.04 Å². The Hall–Kier alpha value is -0.300.